The number of para-hydroxylation sites is 2. The summed E-state index contributed by atoms with van der Waals surface area (Å²) in [6.07, 6.45) is 0. The van der Waals surface area contributed by atoms with E-state index in [1.54, 1.807) is 48.5 Å². The SMILES string of the molecule is Nc1cc(F)ccc1N1C(=O)c2ccccc2N(c2ccc(F)cc2N)C(=O)c2ccccc21. The van der Waals surface area contributed by atoms with Gasteiger partial charge < -0.3 is 11.5 Å². The molecule has 1 heterocycles. The van der Waals surface area contributed by atoms with Gasteiger partial charge in [-0.1, -0.05) is 24.3 Å². The van der Waals surface area contributed by atoms with Crippen LogP contribution in [0, 0.1) is 11.6 Å². The van der Waals surface area contributed by atoms with Crippen LogP contribution in [0.25, 0.3) is 0 Å². The Labute approximate surface area is 193 Å². The Morgan fingerprint density at radius 2 is 0.912 bits per heavy atom. The van der Waals surface area contributed by atoms with Crippen molar-refractivity contribution in [3.05, 3.63) is 108 Å². The Bertz CT molecular complexity index is 1360. The standard InChI is InChI=1S/C26H18F2N4O2/c27-15-9-11-23(19(29)13-15)31-21-7-3-1-5-17(21)25(33)32(24-12-10-16(28)14-20(24)30)22-8-4-2-6-18(22)26(31)34/h1-14H,29-30H2. The van der Waals surface area contributed by atoms with Crippen molar-refractivity contribution >= 4 is 45.9 Å². The summed E-state index contributed by atoms with van der Waals surface area (Å²) < 4.78 is 27.6. The Balaban J connectivity index is 1.82. The van der Waals surface area contributed by atoms with Crippen LogP contribution < -0.4 is 21.3 Å². The van der Waals surface area contributed by atoms with Crippen LogP contribution in [0.2, 0.25) is 0 Å². The molecule has 0 radical (unpaired) electrons. The third-order valence-corrected chi connectivity index (χ3v) is 5.62. The van der Waals surface area contributed by atoms with E-state index in [0.29, 0.717) is 0 Å². The maximum absolute atomic E-state index is 14.0. The van der Waals surface area contributed by atoms with Crippen LogP contribution in [0.4, 0.5) is 42.9 Å². The van der Waals surface area contributed by atoms with Crippen molar-refractivity contribution in [3.8, 4) is 0 Å². The molecule has 6 nitrogen and oxygen atoms in total. The van der Waals surface area contributed by atoms with Crippen LogP contribution in [0.1, 0.15) is 20.7 Å². The highest BCUT2D eigenvalue weighted by Crippen LogP contribution is 2.42. The van der Waals surface area contributed by atoms with Gasteiger partial charge in [0.2, 0.25) is 0 Å². The largest absolute Gasteiger partial charge is 0.397 e. The zero-order chi connectivity index (χ0) is 24.0. The molecule has 0 aliphatic carbocycles. The number of rotatable bonds is 2. The van der Waals surface area contributed by atoms with Gasteiger partial charge in [0, 0.05) is 0 Å². The first kappa shape index (κ1) is 21.1. The molecule has 4 N–H and O–H groups in total. The predicted octanol–water partition coefficient (Wildman–Crippen LogP) is 5.40. The number of benzene rings is 4. The zero-order valence-corrected chi connectivity index (χ0v) is 17.7. The second-order valence-corrected chi connectivity index (χ2v) is 7.72. The molecule has 1 aliphatic rings. The normalized spacial score (nSPS) is 13.2. The van der Waals surface area contributed by atoms with Crippen LogP contribution >= 0.6 is 0 Å². The molecular weight excluding hydrogens is 438 g/mol. The summed E-state index contributed by atoms with van der Waals surface area (Å²) in [7, 11) is 0. The van der Waals surface area contributed by atoms with Gasteiger partial charge in [-0.15, -0.1) is 0 Å². The van der Waals surface area contributed by atoms with Crippen molar-refractivity contribution in [2.45, 2.75) is 0 Å². The minimum Gasteiger partial charge on any atom is -0.397 e. The maximum atomic E-state index is 14.0. The van der Waals surface area contributed by atoms with Crippen molar-refractivity contribution < 1.29 is 18.4 Å². The van der Waals surface area contributed by atoms with E-state index >= 15 is 0 Å². The lowest BCUT2D eigenvalue weighted by Crippen LogP contribution is -2.36. The van der Waals surface area contributed by atoms with E-state index in [4.69, 9.17) is 11.5 Å². The van der Waals surface area contributed by atoms with Crippen molar-refractivity contribution in [2.24, 2.45) is 0 Å². The lowest BCUT2D eigenvalue weighted by molar-refractivity contribution is 0.0988. The summed E-state index contributed by atoms with van der Waals surface area (Å²) in [5, 5.41) is 0. The fourth-order valence-corrected chi connectivity index (χ4v) is 4.10. The second-order valence-electron chi connectivity index (χ2n) is 7.72. The fourth-order valence-electron chi connectivity index (χ4n) is 4.10. The molecule has 0 unspecified atom stereocenters. The highest BCUT2D eigenvalue weighted by atomic mass is 19.1. The number of anilines is 6. The summed E-state index contributed by atoms with van der Waals surface area (Å²) in [6, 6.07) is 20.4. The van der Waals surface area contributed by atoms with Crippen molar-refractivity contribution in [1.29, 1.82) is 0 Å². The molecule has 8 heteroatoms. The molecule has 0 bridgehead atoms. The summed E-state index contributed by atoms with van der Waals surface area (Å²) in [6.45, 7) is 0. The summed E-state index contributed by atoms with van der Waals surface area (Å²) in [5.74, 6) is -2.08. The summed E-state index contributed by atoms with van der Waals surface area (Å²) in [5.41, 5.74) is 13.6. The Morgan fingerprint density at radius 3 is 1.29 bits per heavy atom. The number of hydrogen-bond donors (Lipinski definition) is 2. The van der Waals surface area contributed by atoms with E-state index in [9.17, 15) is 18.4 Å². The third-order valence-electron chi connectivity index (χ3n) is 5.62. The number of hydrogen-bond acceptors (Lipinski definition) is 4. The van der Waals surface area contributed by atoms with E-state index in [0.717, 1.165) is 12.1 Å². The molecule has 0 atom stereocenters. The Kier molecular flexibility index (Phi) is 4.98. The number of halogens is 2. The lowest BCUT2D eigenvalue weighted by Gasteiger charge is -2.34. The molecule has 5 rings (SSSR count). The van der Waals surface area contributed by atoms with E-state index in [1.165, 1.54) is 34.1 Å². The van der Waals surface area contributed by atoms with E-state index in [2.05, 4.69) is 0 Å². The van der Waals surface area contributed by atoms with Crippen LogP contribution in [0.15, 0.2) is 84.9 Å². The predicted molar refractivity (Wildman–Crippen MR) is 127 cm³/mol. The molecule has 0 fully saturated rings. The number of fused-ring (bicyclic) bond motifs is 2. The number of amides is 2. The monoisotopic (exact) mass is 456 g/mol. The molecule has 34 heavy (non-hydrogen) atoms. The highest BCUT2D eigenvalue weighted by Gasteiger charge is 2.35. The molecule has 168 valence electrons. The van der Waals surface area contributed by atoms with Gasteiger partial charge in [-0.05, 0) is 60.7 Å². The summed E-state index contributed by atoms with van der Waals surface area (Å²) in [4.78, 5) is 30.5. The minimum absolute atomic E-state index is 0.0355. The van der Waals surface area contributed by atoms with E-state index in [-0.39, 0.29) is 45.3 Å². The van der Waals surface area contributed by atoms with E-state index in [1.807, 2.05) is 0 Å². The van der Waals surface area contributed by atoms with Gasteiger partial charge in [0.15, 0.2) is 0 Å². The number of nitrogen functional groups attached to an aromatic ring is 2. The molecular formula is C26H18F2N4O2. The highest BCUT2D eigenvalue weighted by molar-refractivity contribution is 6.25. The van der Waals surface area contributed by atoms with E-state index < -0.39 is 23.4 Å². The van der Waals surface area contributed by atoms with Gasteiger partial charge in [0.25, 0.3) is 11.8 Å². The molecule has 4 aromatic rings. The second kappa shape index (κ2) is 8.00. The number of nitrogens with two attached hydrogens (primary N) is 2. The van der Waals surface area contributed by atoms with Crippen LogP contribution in [0.5, 0.6) is 0 Å². The van der Waals surface area contributed by atoms with Gasteiger partial charge in [0.1, 0.15) is 11.6 Å². The van der Waals surface area contributed by atoms with Gasteiger partial charge in [-0.25, -0.2) is 8.78 Å². The quantitative estimate of drug-likeness (QED) is 0.395. The molecule has 2 amide bonds. The molecule has 0 spiro atoms. The average Bonchev–Trinajstić information content (AvgIpc) is 2.82. The van der Waals surface area contributed by atoms with Crippen LogP contribution in [0.3, 0.4) is 0 Å². The Morgan fingerprint density at radius 1 is 0.529 bits per heavy atom. The first-order valence-corrected chi connectivity index (χ1v) is 10.3. The van der Waals surface area contributed by atoms with Crippen molar-refractivity contribution in [1.82, 2.24) is 0 Å². The molecule has 1 aliphatic heterocycles. The van der Waals surface area contributed by atoms with Crippen LogP contribution in [-0.4, -0.2) is 11.8 Å². The van der Waals surface area contributed by atoms with Crippen LogP contribution in [-0.2, 0) is 0 Å². The summed E-state index contributed by atoms with van der Waals surface area (Å²) >= 11 is 0. The number of carbonyl (C=O) groups excluding carboxylic acids is 2. The zero-order valence-electron chi connectivity index (χ0n) is 17.7. The van der Waals surface area contributed by atoms with Gasteiger partial charge in [-0.3, -0.25) is 19.4 Å². The molecule has 0 aromatic heterocycles. The molecule has 0 saturated carbocycles. The number of nitrogens with zero attached hydrogens (tertiary/aromatic N) is 2. The topological polar surface area (TPSA) is 92.7 Å². The van der Waals surface area contributed by atoms with Gasteiger partial charge in [-0.2, -0.15) is 0 Å². The number of carbonyl (C=O) groups is 2. The van der Waals surface area contributed by atoms with Gasteiger partial charge >= 0.3 is 0 Å². The fraction of sp³-hybridized carbons (Fsp3) is 0. The molecule has 0 saturated heterocycles. The first-order chi connectivity index (χ1) is 16.4. The smallest absolute Gasteiger partial charge is 0.265 e. The van der Waals surface area contributed by atoms with Crippen molar-refractivity contribution in [2.75, 3.05) is 21.3 Å². The maximum Gasteiger partial charge on any atom is 0.265 e. The Hall–Kier alpha value is -4.72. The average molecular weight is 456 g/mol. The molecule has 4 aromatic carbocycles. The lowest BCUT2D eigenvalue weighted by atomic mass is 10.0. The first-order valence-electron chi connectivity index (χ1n) is 10.3. The third kappa shape index (κ3) is 3.32. The van der Waals surface area contributed by atoms with Gasteiger partial charge in [0.05, 0.1) is 45.3 Å². The minimum atomic E-state index is -0.552. The van der Waals surface area contributed by atoms with Crippen molar-refractivity contribution in [3.63, 3.8) is 0 Å².